The van der Waals surface area contributed by atoms with E-state index in [1.165, 1.54) is 83.5 Å². The van der Waals surface area contributed by atoms with Gasteiger partial charge in [0.15, 0.2) is 5.78 Å². The predicted molar refractivity (Wildman–Crippen MR) is 116 cm³/mol. The van der Waals surface area contributed by atoms with E-state index in [1.807, 2.05) is 18.2 Å². The second-order valence-corrected chi connectivity index (χ2v) is 7.98. The molecule has 1 aromatic carbocycles. The van der Waals surface area contributed by atoms with Gasteiger partial charge in [0.25, 0.3) is 0 Å². The number of carbonyl (C=O) groups is 1. The summed E-state index contributed by atoms with van der Waals surface area (Å²) in [4.78, 5) is 12.1. The lowest BCUT2D eigenvalue weighted by Gasteiger charge is -2.09. The summed E-state index contributed by atoms with van der Waals surface area (Å²) in [7, 11) is 0. The van der Waals surface area contributed by atoms with Gasteiger partial charge in [-0.3, -0.25) is 4.79 Å². The molecule has 0 bridgehead atoms. The third kappa shape index (κ3) is 12.8. The zero-order valence-corrected chi connectivity index (χ0v) is 17.6. The molecule has 0 fully saturated rings. The summed E-state index contributed by atoms with van der Waals surface area (Å²) in [5, 5.41) is 10.0. The van der Waals surface area contributed by atoms with Crippen LogP contribution in [0.3, 0.4) is 0 Å². The number of unbranched alkanes of at least 4 members (excludes halogenated alkanes) is 14. The van der Waals surface area contributed by atoms with Gasteiger partial charge in [-0.1, -0.05) is 134 Å². The van der Waals surface area contributed by atoms with Gasteiger partial charge in [0, 0.05) is 5.56 Å². The first-order valence-corrected chi connectivity index (χ1v) is 11.5. The molecular formula is C25H42O2. The van der Waals surface area contributed by atoms with Crippen LogP contribution < -0.4 is 0 Å². The molecule has 0 spiro atoms. The minimum atomic E-state index is -0.839. The van der Waals surface area contributed by atoms with Crippen molar-refractivity contribution >= 4 is 5.78 Å². The molecular weight excluding hydrogens is 332 g/mol. The van der Waals surface area contributed by atoms with Gasteiger partial charge in [-0.05, 0) is 6.42 Å². The predicted octanol–water partition coefficient (Wildman–Crippen LogP) is 7.49. The Hall–Kier alpha value is -1.15. The largest absolute Gasteiger partial charge is 0.385 e. The Morgan fingerprint density at radius 1 is 0.704 bits per heavy atom. The van der Waals surface area contributed by atoms with Crippen LogP contribution in [0.25, 0.3) is 0 Å². The molecule has 0 aliphatic carbocycles. The quantitative estimate of drug-likeness (QED) is 0.213. The minimum Gasteiger partial charge on any atom is -0.385 e. The van der Waals surface area contributed by atoms with E-state index in [4.69, 9.17) is 0 Å². The van der Waals surface area contributed by atoms with Crippen LogP contribution in [0.1, 0.15) is 120 Å². The van der Waals surface area contributed by atoms with Gasteiger partial charge in [-0.15, -0.1) is 0 Å². The maximum Gasteiger partial charge on any atom is 0.191 e. The molecule has 0 saturated carbocycles. The van der Waals surface area contributed by atoms with E-state index < -0.39 is 6.10 Å². The van der Waals surface area contributed by atoms with Crippen LogP contribution >= 0.6 is 0 Å². The van der Waals surface area contributed by atoms with Crippen molar-refractivity contribution in [2.45, 2.75) is 116 Å². The normalized spacial score (nSPS) is 12.2. The molecule has 1 atom stereocenters. The first-order chi connectivity index (χ1) is 13.3. The molecule has 1 N–H and O–H groups in total. The molecule has 2 nitrogen and oxygen atoms in total. The molecule has 0 aliphatic rings. The van der Waals surface area contributed by atoms with E-state index in [0.717, 1.165) is 12.8 Å². The molecule has 1 aromatic rings. The van der Waals surface area contributed by atoms with Gasteiger partial charge < -0.3 is 5.11 Å². The van der Waals surface area contributed by atoms with Crippen LogP contribution in [-0.4, -0.2) is 17.0 Å². The van der Waals surface area contributed by atoms with Gasteiger partial charge in [0.1, 0.15) is 6.10 Å². The van der Waals surface area contributed by atoms with E-state index in [9.17, 15) is 9.90 Å². The molecule has 0 amide bonds. The van der Waals surface area contributed by atoms with Crippen LogP contribution in [-0.2, 0) is 0 Å². The van der Waals surface area contributed by atoms with Gasteiger partial charge in [0.05, 0.1) is 0 Å². The average molecular weight is 375 g/mol. The average Bonchev–Trinajstić information content (AvgIpc) is 2.70. The van der Waals surface area contributed by atoms with E-state index in [2.05, 4.69) is 6.92 Å². The van der Waals surface area contributed by atoms with Crippen LogP contribution in [0, 0.1) is 0 Å². The van der Waals surface area contributed by atoms with Crippen LogP contribution in [0.4, 0.5) is 0 Å². The number of rotatable bonds is 18. The Kier molecular flexibility index (Phi) is 15.0. The first-order valence-electron chi connectivity index (χ1n) is 11.5. The molecule has 27 heavy (non-hydrogen) atoms. The second kappa shape index (κ2) is 17.0. The number of carbonyl (C=O) groups excluding carboxylic acids is 1. The van der Waals surface area contributed by atoms with E-state index in [0.29, 0.717) is 12.0 Å². The molecule has 154 valence electrons. The van der Waals surface area contributed by atoms with E-state index in [1.54, 1.807) is 12.1 Å². The monoisotopic (exact) mass is 374 g/mol. The van der Waals surface area contributed by atoms with Crippen molar-refractivity contribution in [2.75, 3.05) is 0 Å². The summed E-state index contributed by atoms with van der Waals surface area (Å²) in [5.74, 6) is -0.138. The zero-order valence-electron chi connectivity index (χ0n) is 17.6. The fourth-order valence-corrected chi connectivity index (χ4v) is 3.63. The fourth-order valence-electron chi connectivity index (χ4n) is 3.63. The van der Waals surface area contributed by atoms with Crippen molar-refractivity contribution in [3.05, 3.63) is 35.9 Å². The summed E-state index contributed by atoms with van der Waals surface area (Å²) in [6, 6.07) is 9.12. The summed E-state index contributed by atoms with van der Waals surface area (Å²) >= 11 is 0. The topological polar surface area (TPSA) is 37.3 Å². The van der Waals surface area contributed by atoms with Crippen molar-refractivity contribution in [3.63, 3.8) is 0 Å². The Morgan fingerprint density at radius 3 is 1.56 bits per heavy atom. The highest BCUT2D eigenvalue weighted by atomic mass is 16.3. The second-order valence-electron chi connectivity index (χ2n) is 7.98. The lowest BCUT2D eigenvalue weighted by molar-refractivity contribution is 0.0725. The van der Waals surface area contributed by atoms with Crippen LogP contribution in [0.2, 0.25) is 0 Å². The third-order valence-electron chi connectivity index (χ3n) is 5.44. The lowest BCUT2D eigenvalue weighted by atomic mass is 10.00. The highest BCUT2D eigenvalue weighted by Gasteiger charge is 2.15. The van der Waals surface area contributed by atoms with E-state index in [-0.39, 0.29) is 5.78 Å². The number of aliphatic hydroxyl groups excluding tert-OH is 1. The number of benzene rings is 1. The number of ketones is 1. The summed E-state index contributed by atoms with van der Waals surface area (Å²) in [6.45, 7) is 2.27. The molecule has 0 saturated heterocycles. The fraction of sp³-hybridized carbons (Fsp3) is 0.720. The van der Waals surface area contributed by atoms with Crippen molar-refractivity contribution < 1.29 is 9.90 Å². The standard InChI is InChI=1S/C25H42O2/c1-2-3-4-5-6-7-8-9-10-11-12-13-14-15-19-22-24(26)25(27)23-20-17-16-18-21-23/h16-18,20-21,24,26H,2-15,19,22H2,1H3. The number of hydrogen-bond acceptors (Lipinski definition) is 2. The molecule has 1 rings (SSSR count). The highest BCUT2D eigenvalue weighted by molar-refractivity contribution is 5.99. The molecule has 2 heteroatoms. The molecule has 0 radical (unpaired) electrons. The van der Waals surface area contributed by atoms with E-state index >= 15 is 0 Å². The SMILES string of the molecule is CCCCCCCCCCCCCCCCCC(O)C(=O)c1ccccc1. The third-order valence-corrected chi connectivity index (χ3v) is 5.44. The van der Waals surface area contributed by atoms with Gasteiger partial charge in [0.2, 0.25) is 0 Å². The Bertz CT molecular complexity index is 455. The van der Waals surface area contributed by atoms with Gasteiger partial charge in [-0.25, -0.2) is 0 Å². The smallest absolute Gasteiger partial charge is 0.191 e. The highest BCUT2D eigenvalue weighted by Crippen LogP contribution is 2.15. The van der Waals surface area contributed by atoms with Gasteiger partial charge >= 0.3 is 0 Å². The van der Waals surface area contributed by atoms with Crippen molar-refractivity contribution in [1.29, 1.82) is 0 Å². The first kappa shape index (κ1) is 23.9. The van der Waals surface area contributed by atoms with Crippen molar-refractivity contribution in [3.8, 4) is 0 Å². The number of aliphatic hydroxyl groups is 1. The van der Waals surface area contributed by atoms with Crippen LogP contribution in [0.15, 0.2) is 30.3 Å². The Morgan fingerprint density at radius 2 is 1.11 bits per heavy atom. The van der Waals surface area contributed by atoms with Gasteiger partial charge in [-0.2, -0.15) is 0 Å². The van der Waals surface area contributed by atoms with Crippen LogP contribution in [0.5, 0.6) is 0 Å². The number of Topliss-reactive ketones (excluding diaryl/α,β-unsaturated/α-hetero) is 1. The Labute approximate surface area is 167 Å². The minimum absolute atomic E-state index is 0.138. The molecule has 0 heterocycles. The molecule has 0 aromatic heterocycles. The summed E-state index contributed by atoms with van der Waals surface area (Å²) in [5.41, 5.74) is 0.617. The zero-order chi connectivity index (χ0) is 19.6. The van der Waals surface area contributed by atoms with Crippen molar-refractivity contribution in [2.24, 2.45) is 0 Å². The molecule has 0 aliphatic heterocycles. The maximum absolute atomic E-state index is 12.1. The molecule has 1 unspecified atom stereocenters. The maximum atomic E-state index is 12.1. The lowest BCUT2D eigenvalue weighted by Crippen LogP contribution is -2.20. The number of hydrogen-bond donors (Lipinski definition) is 1. The summed E-state index contributed by atoms with van der Waals surface area (Å²) in [6.07, 6.45) is 19.7. The summed E-state index contributed by atoms with van der Waals surface area (Å²) < 4.78 is 0. The Balaban J connectivity index is 1.84. The van der Waals surface area contributed by atoms with Crippen molar-refractivity contribution in [1.82, 2.24) is 0 Å².